The summed E-state index contributed by atoms with van der Waals surface area (Å²) in [7, 11) is 0. The van der Waals surface area contributed by atoms with Gasteiger partial charge in [-0.15, -0.1) is 0 Å². The van der Waals surface area contributed by atoms with Gasteiger partial charge in [0, 0.05) is 71.2 Å². The fourth-order valence-corrected chi connectivity index (χ4v) is 8.99. The highest BCUT2D eigenvalue weighted by molar-refractivity contribution is 9.11. The van der Waals surface area contributed by atoms with Crippen molar-refractivity contribution in [1.29, 1.82) is 0 Å². The molecule has 0 N–H and O–H groups in total. The largest absolute Gasteiger partial charge is 0.274 e. The molecule has 46 heavy (non-hydrogen) atoms. The summed E-state index contributed by atoms with van der Waals surface area (Å²) in [6, 6.07) is 11.3. The number of fused-ring (bicyclic) bond motifs is 2. The van der Waals surface area contributed by atoms with Gasteiger partial charge >= 0.3 is 0 Å². The predicted molar refractivity (Wildman–Crippen MR) is 191 cm³/mol. The molecule has 5 aromatic carbocycles. The molecule has 2 aliphatic heterocycles. The smallest absolute Gasteiger partial charge is 0.261 e. The van der Waals surface area contributed by atoms with Gasteiger partial charge in [0.1, 0.15) is 0 Å². The zero-order valence-electron chi connectivity index (χ0n) is 26.6. The van der Waals surface area contributed by atoms with Crippen molar-refractivity contribution in [2.45, 2.75) is 66.2 Å². The highest BCUT2D eigenvalue weighted by atomic mass is 79.9. The second-order valence-electron chi connectivity index (χ2n) is 13.3. The summed E-state index contributed by atoms with van der Waals surface area (Å²) in [5.41, 5.74) is 2.06. The van der Waals surface area contributed by atoms with Crippen molar-refractivity contribution >= 4 is 98.6 Å². The van der Waals surface area contributed by atoms with Crippen LogP contribution in [0.5, 0.6) is 0 Å². The predicted octanol–water partition coefficient (Wildman–Crippen LogP) is 10.1. The van der Waals surface area contributed by atoms with Gasteiger partial charge in [-0.25, -0.2) is 0 Å². The van der Waals surface area contributed by atoms with Gasteiger partial charge < -0.3 is 0 Å². The van der Waals surface area contributed by atoms with Crippen molar-refractivity contribution in [3.05, 3.63) is 67.6 Å². The van der Waals surface area contributed by atoms with Crippen LogP contribution in [0.2, 0.25) is 0 Å². The van der Waals surface area contributed by atoms with Gasteiger partial charge in [-0.2, -0.15) is 0 Å². The molecule has 4 amide bonds. The van der Waals surface area contributed by atoms with Gasteiger partial charge in [0.15, 0.2) is 0 Å². The van der Waals surface area contributed by atoms with Crippen LogP contribution in [0.3, 0.4) is 0 Å². The van der Waals surface area contributed by atoms with E-state index >= 15 is 0 Å². The zero-order chi connectivity index (χ0) is 32.6. The Labute approximate surface area is 285 Å². The van der Waals surface area contributed by atoms with Crippen molar-refractivity contribution in [2.24, 2.45) is 11.8 Å². The first-order chi connectivity index (χ1) is 22.1. The number of hydrogen-bond acceptors (Lipinski definition) is 4. The lowest BCUT2D eigenvalue weighted by atomic mass is 9.82. The number of rotatable bonds is 10. The number of hydrogen-bond donors (Lipinski definition) is 0. The van der Waals surface area contributed by atoms with Crippen LogP contribution in [0.15, 0.2) is 45.3 Å². The van der Waals surface area contributed by atoms with E-state index in [1.807, 2.05) is 36.4 Å². The van der Waals surface area contributed by atoms with E-state index < -0.39 is 0 Å². The average molecular weight is 745 g/mol. The van der Waals surface area contributed by atoms with E-state index in [1.54, 1.807) is 0 Å². The third-order valence-electron chi connectivity index (χ3n) is 10.00. The monoisotopic (exact) mass is 742 g/mol. The van der Waals surface area contributed by atoms with Gasteiger partial charge in [0.2, 0.25) is 0 Å². The van der Waals surface area contributed by atoms with Crippen molar-refractivity contribution in [3.8, 4) is 0 Å². The quantitative estimate of drug-likeness (QED) is 0.0811. The number of imide groups is 2. The molecule has 0 saturated carbocycles. The minimum absolute atomic E-state index is 0.196. The van der Waals surface area contributed by atoms with Crippen LogP contribution in [0, 0.1) is 11.8 Å². The first-order valence-corrected chi connectivity index (χ1v) is 18.0. The summed E-state index contributed by atoms with van der Waals surface area (Å²) in [5.74, 6) is -0.668. The zero-order valence-corrected chi connectivity index (χ0v) is 29.7. The van der Waals surface area contributed by atoms with Gasteiger partial charge in [0.05, 0.1) is 0 Å². The number of carbonyl (C=O) groups is 4. The molecule has 236 valence electrons. The number of amides is 4. The van der Waals surface area contributed by atoms with E-state index in [4.69, 9.17) is 0 Å². The van der Waals surface area contributed by atoms with E-state index in [0.29, 0.717) is 46.1 Å². The molecule has 0 saturated heterocycles. The molecular weight excluding hydrogens is 708 g/mol. The van der Waals surface area contributed by atoms with E-state index in [9.17, 15) is 19.2 Å². The normalized spacial score (nSPS) is 16.2. The van der Waals surface area contributed by atoms with E-state index in [-0.39, 0.29) is 35.5 Å². The fourth-order valence-electron chi connectivity index (χ4n) is 7.71. The lowest BCUT2D eigenvalue weighted by molar-refractivity contribution is 0.0571. The van der Waals surface area contributed by atoms with Crippen LogP contribution >= 0.6 is 31.9 Å². The Morgan fingerprint density at radius 3 is 1.35 bits per heavy atom. The van der Waals surface area contributed by atoms with Crippen LogP contribution in [-0.2, 0) is 0 Å². The minimum Gasteiger partial charge on any atom is -0.274 e. The number of nitrogens with zero attached hydrogens (tertiary/aromatic N) is 2. The molecule has 2 unspecified atom stereocenters. The molecule has 2 heterocycles. The van der Waals surface area contributed by atoms with Crippen molar-refractivity contribution in [3.63, 3.8) is 0 Å². The van der Waals surface area contributed by atoms with Crippen LogP contribution in [0.1, 0.15) is 108 Å². The second kappa shape index (κ2) is 11.7. The Kier molecular flexibility index (Phi) is 7.95. The molecule has 2 atom stereocenters. The number of benzene rings is 5. The van der Waals surface area contributed by atoms with Crippen molar-refractivity contribution in [2.75, 3.05) is 13.1 Å². The standard InChI is InChI=1S/C38H36Br2N2O4/c1-5-7-9-19(3)17-41-35(43)23-13-11-21-29-22(12-14-24(30(23)29)36(41)44)33-28(40)16-26-31-25(15-27(39)32(21)34(31)33)37(45)42(38(26)46)18-20(4)10-8-6-2/h11-16,19-20H,5-10,17-18H2,1-4H3. The van der Waals surface area contributed by atoms with Gasteiger partial charge in [-0.1, -0.05) is 97.4 Å². The second-order valence-corrected chi connectivity index (χ2v) is 15.0. The fraction of sp³-hybridized carbons (Fsp3) is 0.368. The SMILES string of the molecule is CCCCC(C)CN1C(=O)c2ccc3c4c(Br)cc5c6c(cc(Br)c(c7ccc(c2c37)C1=O)c64)C(=O)N(CC(C)CCCC)C5=O. The first kappa shape index (κ1) is 31.3. The van der Waals surface area contributed by atoms with Gasteiger partial charge in [-0.3, -0.25) is 29.0 Å². The minimum atomic E-state index is -0.276. The maximum atomic E-state index is 14.0. The van der Waals surface area contributed by atoms with E-state index in [2.05, 4.69) is 59.6 Å². The Hall–Kier alpha value is -3.36. The first-order valence-electron chi connectivity index (χ1n) is 16.4. The summed E-state index contributed by atoms with van der Waals surface area (Å²) in [5, 5.41) is 6.43. The molecule has 2 aliphatic rings. The number of halogens is 2. The topological polar surface area (TPSA) is 74.8 Å². The molecule has 0 spiro atoms. The molecule has 7 rings (SSSR count). The Balaban J connectivity index is 1.46. The third kappa shape index (κ3) is 4.54. The maximum Gasteiger partial charge on any atom is 0.261 e. The van der Waals surface area contributed by atoms with Crippen LogP contribution in [-0.4, -0.2) is 46.5 Å². The molecule has 6 nitrogen and oxygen atoms in total. The van der Waals surface area contributed by atoms with Crippen LogP contribution in [0.25, 0.3) is 43.1 Å². The summed E-state index contributed by atoms with van der Waals surface area (Å²) in [4.78, 5) is 58.6. The Bertz CT molecular complexity index is 2010. The molecule has 0 radical (unpaired) electrons. The van der Waals surface area contributed by atoms with E-state index in [0.717, 1.165) is 79.8 Å². The van der Waals surface area contributed by atoms with Crippen LogP contribution < -0.4 is 0 Å². The average Bonchev–Trinajstić information content (AvgIpc) is 3.04. The summed E-state index contributed by atoms with van der Waals surface area (Å²) >= 11 is 7.62. The Morgan fingerprint density at radius 2 is 0.935 bits per heavy atom. The highest BCUT2D eigenvalue weighted by Crippen LogP contribution is 2.50. The number of carbonyl (C=O) groups excluding carboxylic acids is 4. The van der Waals surface area contributed by atoms with Crippen LogP contribution in [0.4, 0.5) is 0 Å². The van der Waals surface area contributed by atoms with E-state index in [1.165, 1.54) is 9.80 Å². The molecule has 8 heteroatoms. The highest BCUT2D eigenvalue weighted by Gasteiger charge is 2.38. The summed E-state index contributed by atoms with van der Waals surface area (Å²) < 4.78 is 1.46. The van der Waals surface area contributed by atoms with Crippen molar-refractivity contribution in [1.82, 2.24) is 9.80 Å². The van der Waals surface area contributed by atoms with Gasteiger partial charge in [0.25, 0.3) is 23.6 Å². The molecular formula is C38H36Br2N2O4. The summed E-state index contributed by atoms with van der Waals surface area (Å²) in [6.07, 6.45) is 6.15. The molecule has 0 aromatic heterocycles. The molecule has 0 bridgehead atoms. The lowest BCUT2D eigenvalue weighted by Crippen LogP contribution is -2.43. The van der Waals surface area contributed by atoms with Crippen molar-refractivity contribution < 1.29 is 19.2 Å². The number of unbranched alkanes of at least 4 members (excludes halogenated alkanes) is 2. The molecule has 0 aliphatic carbocycles. The molecule has 5 aromatic rings. The summed E-state index contributed by atoms with van der Waals surface area (Å²) in [6.45, 7) is 9.24. The Morgan fingerprint density at radius 1 is 0.543 bits per heavy atom. The van der Waals surface area contributed by atoms with Gasteiger partial charge in [-0.05, 0) is 65.1 Å². The lowest BCUT2D eigenvalue weighted by Gasteiger charge is -2.32. The third-order valence-corrected chi connectivity index (χ3v) is 11.3. The molecule has 0 fully saturated rings. The maximum absolute atomic E-state index is 14.0.